The second-order valence-electron chi connectivity index (χ2n) is 4.95. The van der Waals surface area contributed by atoms with Crippen LogP contribution in [0, 0.1) is 6.92 Å². The third kappa shape index (κ3) is 2.58. The zero-order chi connectivity index (χ0) is 15.0. The van der Waals surface area contributed by atoms with Crippen LogP contribution in [0.5, 0.6) is 0 Å². The molecule has 3 rings (SSSR count). The monoisotopic (exact) mass is 321 g/mol. The molecule has 0 saturated carbocycles. The molecule has 1 aliphatic carbocycles. The fraction of sp³-hybridized carbons (Fsp3) is 0.357. The maximum absolute atomic E-state index is 12.1. The number of hydrogen-bond acceptors (Lipinski definition) is 5. The van der Waals surface area contributed by atoms with Crippen molar-refractivity contribution in [1.29, 1.82) is 0 Å². The lowest BCUT2D eigenvalue weighted by molar-refractivity contribution is 0.0601. The second kappa shape index (κ2) is 5.57. The van der Waals surface area contributed by atoms with Crippen LogP contribution in [0.25, 0.3) is 0 Å². The number of methoxy groups -OCH3 is 1. The Kier molecular flexibility index (Phi) is 3.77. The quantitative estimate of drug-likeness (QED) is 0.681. The van der Waals surface area contributed by atoms with Crippen molar-refractivity contribution in [3.05, 3.63) is 34.0 Å². The molecule has 0 atom stereocenters. The molecule has 0 spiro atoms. The van der Waals surface area contributed by atoms with Gasteiger partial charge in [-0.15, -0.1) is 11.3 Å². The van der Waals surface area contributed by atoms with Gasteiger partial charge in [-0.1, -0.05) is 0 Å². The van der Waals surface area contributed by atoms with Crippen molar-refractivity contribution in [1.82, 2.24) is 9.78 Å². The van der Waals surface area contributed by atoms with Gasteiger partial charge >= 0.3 is 5.97 Å². The Morgan fingerprint density at radius 1 is 1.52 bits per heavy atom. The van der Waals surface area contributed by atoms with Gasteiger partial charge in [0, 0.05) is 11.1 Å². The van der Waals surface area contributed by atoms with Crippen LogP contribution >= 0.6 is 23.6 Å². The summed E-state index contributed by atoms with van der Waals surface area (Å²) in [6.45, 7) is 1.95. The minimum atomic E-state index is -0.309. The molecular weight excluding hydrogens is 306 g/mol. The van der Waals surface area contributed by atoms with Crippen molar-refractivity contribution in [3.63, 3.8) is 0 Å². The second-order valence-corrected chi connectivity index (χ2v) is 6.44. The lowest BCUT2D eigenvalue weighted by Crippen LogP contribution is -2.20. The summed E-state index contributed by atoms with van der Waals surface area (Å²) in [4.78, 5) is 13.3. The van der Waals surface area contributed by atoms with Gasteiger partial charge in [-0.05, 0) is 49.5 Å². The van der Waals surface area contributed by atoms with E-state index < -0.39 is 0 Å². The van der Waals surface area contributed by atoms with Crippen LogP contribution in [0.15, 0.2) is 12.4 Å². The predicted octanol–water partition coefficient (Wildman–Crippen LogP) is 2.77. The third-order valence-corrected chi connectivity index (χ3v) is 4.95. The predicted molar refractivity (Wildman–Crippen MR) is 86.3 cm³/mol. The number of carbonyl (C=O) groups is 1. The average Bonchev–Trinajstić information content (AvgIpc) is 3.13. The van der Waals surface area contributed by atoms with E-state index in [0.29, 0.717) is 10.7 Å². The normalized spacial score (nSPS) is 13.0. The van der Waals surface area contributed by atoms with Gasteiger partial charge in [-0.3, -0.25) is 0 Å². The molecule has 5 nitrogen and oxygen atoms in total. The van der Waals surface area contributed by atoms with Crippen LogP contribution in [0.3, 0.4) is 0 Å². The van der Waals surface area contributed by atoms with Gasteiger partial charge in [0.25, 0.3) is 0 Å². The maximum atomic E-state index is 12.1. The lowest BCUT2D eigenvalue weighted by atomic mass is 10.1. The number of thiophene rings is 1. The van der Waals surface area contributed by atoms with Crippen molar-refractivity contribution < 1.29 is 9.53 Å². The molecule has 0 amide bonds. The fourth-order valence-corrected chi connectivity index (χ4v) is 4.03. The van der Waals surface area contributed by atoms with E-state index in [4.69, 9.17) is 17.0 Å². The van der Waals surface area contributed by atoms with Gasteiger partial charge in [0.2, 0.25) is 0 Å². The van der Waals surface area contributed by atoms with E-state index in [9.17, 15) is 4.79 Å². The summed E-state index contributed by atoms with van der Waals surface area (Å²) >= 11 is 6.93. The molecule has 2 heterocycles. The summed E-state index contributed by atoms with van der Waals surface area (Å²) in [7, 11) is 1.40. The number of rotatable bonds is 2. The SMILES string of the molecule is COC(=O)c1c(NC(=S)n2cc(C)cn2)sc2c1CCC2. The maximum Gasteiger partial charge on any atom is 0.341 e. The van der Waals surface area contributed by atoms with E-state index in [-0.39, 0.29) is 5.97 Å². The highest BCUT2D eigenvalue weighted by molar-refractivity contribution is 7.80. The molecule has 21 heavy (non-hydrogen) atoms. The summed E-state index contributed by atoms with van der Waals surface area (Å²) in [5.74, 6) is -0.309. The fourth-order valence-electron chi connectivity index (χ4n) is 2.49. The highest BCUT2D eigenvalue weighted by Crippen LogP contribution is 2.39. The number of nitrogens with one attached hydrogen (secondary N) is 1. The van der Waals surface area contributed by atoms with Crippen molar-refractivity contribution >= 4 is 39.6 Å². The van der Waals surface area contributed by atoms with Crippen molar-refractivity contribution in [3.8, 4) is 0 Å². The number of anilines is 1. The molecule has 0 unspecified atom stereocenters. The Morgan fingerprint density at radius 3 is 3.00 bits per heavy atom. The zero-order valence-corrected chi connectivity index (χ0v) is 13.4. The molecule has 0 saturated heterocycles. The molecule has 0 radical (unpaired) electrons. The van der Waals surface area contributed by atoms with Gasteiger partial charge in [0.05, 0.1) is 18.9 Å². The Hall–Kier alpha value is -1.73. The summed E-state index contributed by atoms with van der Waals surface area (Å²) in [5.41, 5.74) is 2.76. The van der Waals surface area contributed by atoms with Crippen LogP contribution < -0.4 is 5.32 Å². The number of aryl methyl sites for hydroxylation is 2. The molecular formula is C14H15N3O2S2. The van der Waals surface area contributed by atoms with Crippen LogP contribution in [-0.4, -0.2) is 28.0 Å². The minimum Gasteiger partial charge on any atom is -0.465 e. The number of ether oxygens (including phenoxy) is 1. The smallest absolute Gasteiger partial charge is 0.341 e. The summed E-state index contributed by atoms with van der Waals surface area (Å²) < 4.78 is 6.51. The van der Waals surface area contributed by atoms with E-state index in [0.717, 1.165) is 35.4 Å². The first-order chi connectivity index (χ1) is 10.1. The van der Waals surface area contributed by atoms with Gasteiger partial charge in [-0.25, -0.2) is 9.48 Å². The highest BCUT2D eigenvalue weighted by atomic mass is 32.1. The van der Waals surface area contributed by atoms with Crippen LogP contribution in [-0.2, 0) is 17.6 Å². The zero-order valence-electron chi connectivity index (χ0n) is 11.8. The van der Waals surface area contributed by atoms with Crippen LogP contribution in [0.2, 0.25) is 0 Å². The highest BCUT2D eigenvalue weighted by Gasteiger charge is 2.27. The molecule has 0 bridgehead atoms. The molecule has 1 N–H and O–H groups in total. The molecule has 7 heteroatoms. The number of nitrogens with zero attached hydrogens (tertiary/aromatic N) is 2. The van der Waals surface area contributed by atoms with Crippen molar-refractivity contribution in [2.24, 2.45) is 0 Å². The first kappa shape index (κ1) is 14.2. The molecule has 2 aromatic rings. The number of hydrogen-bond donors (Lipinski definition) is 1. The molecule has 2 aromatic heterocycles. The van der Waals surface area contributed by atoms with E-state index >= 15 is 0 Å². The van der Waals surface area contributed by atoms with Gasteiger partial charge in [-0.2, -0.15) is 5.10 Å². The Labute approximate surface area is 131 Å². The lowest BCUT2D eigenvalue weighted by Gasteiger charge is -2.08. The van der Waals surface area contributed by atoms with E-state index in [2.05, 4.69) is 10.4 Å². The van der Waals surface area contributed by atoms with Crippen molar-refractivity contribution in [2.75, 3.05) is 12.4 Å². The standard InChI is InChI=1S/C14H15N3O2S2/c1-8-6-15-17(7-8)14(20)16-12-11(13(18)19-2)9-4-3-5-10(9)21-12/h6-7H,3-5H2,1-2H3,(H,16,20). The van der Waals surface area contributed by atoms with Gasteiger partial charge in [0.1, 0.15) is 5.00 Å². The third-order valence-electron chi connectivity index (χ3n) is 3.45. The average molecular weight is 321 g/mol. The molecule has 110 valence electrons. The molecule has 0 aromatic carbocycles. The molecule has 1 aliphatic rings. The van der Waals surface area contributed by atoms with E-state index in [1.165, 1.54) is 12.0 Å². The summed E-state index contributed by atoms with van der Waals surface area (Å²) in [6, 6.07) is 0. The Bertz CT molecular complexity index is 718. The minimum absolute atomic E-state index is 0.309. The number of aromatic nitrogens is 2. The van der Waals surface area contributed by atoms with E-state index in [1.54, 1.807) is 22.2 Å². The summed E-state index contributed by atoms with van der Waals surface area (Å²) in [6.07, 6.45) is 6.61. The number of fused-ring (bicyclic) bond motifs is 1. The number of carbonyl (C=O) groups excluding carboxylic acids is 1. The topological polar surface area (TPSA) is 56.1 Å². The van der Waals surface area contributed by atoms with Gasteiger partial charge in [0.15, 0.2) is 5.11 Å². The molecule has 0 fully saturated rings. The van der Waals surface area contributed by atoms with Gasteiger partial charge < -0.3 is 10.1 Å². The Morgan fingerprint density at radius 2 is 2.33 bits per heavy atom. The summed E-state index contributed by atoms with van der Waals surface area (Å²) in [5, 5.41) is 8.51. The Balaban J connectivity index is 1.92. The van der Waals surface area contributed by atoms with Crippen molar-refractivity contribution in [2.45, 2.75) is 26.2 Å². The van der Waals surface area contributed by atoms with Crippen LogP contribution in [0.1, 0.15) is 32.8 Å². The number of thiocarbonyl (C=S) groups is 1. The number of esters is 1. The van der Waals surface area contributed by atoms with E-state index in [1.807, 2.05) is 13.1 Å². The molecule has 0 aliphatic heterocycles. The first-order valence-corrected chi connectivity index (χ1v) is 7.88. The largest absolute Gasteiger partial charge is 0.465 e. The first-order valence-electron chi connectivity index (χ1n) is 6.65. The van der Waals surface area contributed by atoms with Crippen LogP contribution in [0.4, 0.5) is 5.00 Å².